The molecule has 0 amide bonds. The molecule has 0 spiro atoms. The number of terminal acetylenes is 1. The quantitative estimate of drug-likeness (QED) is 0.506. The number of benzene rings is 1. The van der Waals surface area contributed by atoms with Crippen LogP contribution in [0.25, 0.3) is 0 Å². The van der Waals surface area contributed by atoms with Gasteiger partial charge in [0.1, 0.15) is 0 Å². The van der Waals surface area contributed by atoms with Crippen molar-refractivity contribution in [2.24, 2.45) is 0 Å². The molecule has 0 radical (unpaired) electrons. The minimum atomic E-state index is 0.682. The van der Waals surface area contributed by atoms with Gasteiger partial charge in [0, 0.05) is 13.0 Å². The summed E-state index contributed by atoms with van der Waals surface area (Å²) in [5.41, 5.74) is 1.17. The molecule has 116 valence electrons. The average Bonchev–Trinajstić information content (AvgIpc) is 2.49. The number of ether oxygens (including phenoxy) is 2. The zero-order valence-corrected chi connectivity index (χ0v) is 14.5. The Morgan fingerprint density at radius 2 is 2.14 bits per heavy atom. The second-order valence-electron chi connectivity index (χ2n) is 4.80. The Morgan fingerprint density at radius 1 is 1.33 bits per heavy atom. The summed E-state index contributed by atoms with van der Waals surface area (Å²) in [6.45, 7) is 4.54. The normalized spacial score (nSPS) is 10.2. The van der Waals surface area contributed by atoms with E-state index in [0.29, 0.717) is 6.61 Å². The standard InChI is InChI=1S/C17H24BrNO2/c1-4-6-7-8-9-19-13-14-11-15(18)17(21-10-5-2)16(12-14)20-3/h1,11-12,19H,5-10,13H2,2-3H3. The molecule has 0 heterocycles. The maximum absolute atomic E-state index is 5.72. The van der Waals surface area contributed by atoms with Gasteiger partial charge in [-0.1, -0.05) is 6.92 Å². The van der Waals surface area contributed by atoms with Crippen LogP contribution in [0.5, 0.6) is 11.5 Å². The van der Waals surface area contributed by atoms with E-state index < -0.39 is 0 Å². The van der Waals surface area contributed by atoms with Crippen LogP contribution in [-0.2, 0) is 6.54 Å². The van der Waals surface area contributed by atoms with Gasteiger partial charge < -0.3 is 14.8 Å². The van der Waals surface area contributed by atoms with E-state index >= 15 is 0 Å². The molecular weight excluding hydrogens is 330 g/mol. The van der Waals surface area contributed by atoms with E-state index in [0.717, 1.165) is 54.7 Å². The van der Waals surface area contributed by atoms with Crippen molar-refractivity contribution in [3.8, 4) is 23.8 Å². The topological polar surface area (TPSA) is 30.5 Å². The number of hydrogen-bond donors (Lipinski definition) is 1. The number of hydrogen-bond acceptors (Lipinski definition) is 3. The zero-order chi connectivity index (χ0) is 15.5. The molecule has 1 N–H and O–H groups in total. The molecule has 0 unspecified atom stereocenters. The van der Waals surface area contributed by atoms with Crippen molar-refractivity contribution in [3.05, 3.63) is 22.2 Å². The van der Waals surface area contributed by atoms with Crippen molar-refractivity contribution in [1.29, 1.82) is 0 Å². The molecule has 0 aromatic heterocycles. The Labute approximate surface area is 136 Å². The van der Waals surface area contributed by atoms with Crippen molar-refractivity contribution >= 4 is 15.9 Å². The van der Waals surface area contributed by atoms with Crippen LogP contribution in [0.2, 0.25) is 0 Å². The third-order valence-corrected chi connectivity index (χ3v) is 3.58. The lowest BCUT2D eigenvalue weighted by atomic mass is 10.2. The van der Waals surface area contributed by atoms with Gasteiger partial charge in [0.15, 0.2) is 11.5 Å². The maximum Gasteiger partial charge on any atom is 0.175 e. The SMILES string of the molecule is C#CCCCCNCc1cc(Br)c(OCCC)c(OC)c1. The Hall–Kier alpha value is -1.18. The fourth-order valence-electron chi connectivity index (χ4n) is 1.93. The van der Waals surface area contributed by atoms with Gasteiger partial charge in [-0.25, -0.2) is 0 Å². The van der Waals surface area contributed by atoms with E-state index in [4.69, 9.17) is 15.9 Å². The highest BCUT2D eigenvalue weighted by Gasteiger charge is 2.11. The van der Waals surface area contributed by atoms with Crippen LogP contribution in [0, 0.1) is 12.3 Å². The highest BCUT2D eigenvalue weighted by atomic mass is 79.9. The number of nitrogens with one attached hydrogen (secondary N) is 1. The summed E-state index contributed by atoms with van der Waals surface area (Å²) in [5.74, 6) is 4.20. The van der Waals surface area contributed by atoms with Crippen LogP contribution < -0.4 is 14.8 Å². The molecule has 0 aliphatic heterocycles. The molecule has 0 bridgehead atoms. The first-order chi connectivity index (χ1) is 10.2. The number of methoxy groups -OCH3 is 1. The lowest BCUT2D eigenvalue weighted by Crippen LogP contribution is -2.14. The van der Waals surface area contributed by atoms with Crippen LogP contribution in [0.1, 0.15) is 38.2 Å². The van der Waals surface area contributed by atoms with E-state index in [9.17, 15) is 0 Å². The average molecular weight is 354 g/mol. The molecule has 1 rings (SSSR count). The highest BCUT2D eigenvalue weighted by Crippen LogP contribution is 2.36. The monoisotopic (exact) mass is 353 g/mol. The fourth-order valence-corrected chi connectivity index (χ4v) is 2.53. The Kier molecular flexibility index (Phi) is 8.96. The summed E-state index contributed by atoms with van der Waals surface area (Å²) in [4.78, 5) is 0. The molecule has 4 heteroatoms. The predicted molar refractivity (Wildman–Crippen MR) is 90.9 cm³/mol. The molecule has 0 aliphatic carbocycles. The summed E-state index contributed by atoms with van der Waals surface area (Å²) in [6.07, 6.45) is 9.22. The van der Waals surface area contributed by atoms with Gasteiger partial charge in [-0.2, -0.15) is 0 Å². The molecule has 3 nitrogen and oxygen atoms in total. The van der Waals surface area contributed by atoms with E-state index in [1.165, 1.54) is 5.56 Å². The van der Waals surface area contributed by atoms with E-state index in [1.54, 1.807) is 7.11 Å². The molecule has 0 fully saturated rings. The van der Waals surface area contributed by atoms with Crippen molar-refractivity contribution in [3.63, 3.8) is 0 Å². The lowest BCUT2D eigenvalue weighted by molar-refractivity contribution is 0.292. The van der Waals surface area contributed by atoms with Gasteiger partial charge in [0.25, 0.3) is 0 Å². The summed E-state index contributed by atoms with van der Waals surface area (Å²) in [7, 11) is 1.66. The first kappa shape index (κ1) is 17.9. The van der Waals surface area contributed by atoms with Crippen LogP contribution >= 0.6 is 15.9 Å². The van der Waals surface area contributed by atoms with Crippen molar-refractivity contribution < 1.29 is 9.47 Å². The second-order valence-corrected chi connectivity index (χ2v) is 5.65. The first-order valence-corrected chi connectivity index (χ1v) is 8.15. The first-order valence-electron chi connectivity index (χ1n) is 7.36. The van der Waals surface area contributed by atoms with E-state index in [1.807, 2.05) is 6.07 Å². The number of unbranched alkanes of at least 4 members (excludes halogenated alkanes) is 2. The Bertz CT molecular complexity index is 469. The van der Waals surface area contributed by atoms with Gasteiger partial charge in [0.2, 0.25) is 0 Å². The van der Waals surface area contributed by atoms with Gasteiger partial charge >= 0.3 is 0 Å². The molecule has 0 aliphatic rings. The number of rotatable bonds is 10. The van der Waals surface area contributed by atoms with Gasteiger partial charge in [-0.05, 0) is 59.4 Å². The van der Waals surface area contributed by atoms with E-state index in [2.05, 4.69) is 40.2 Å². The van der Waals surface area contributed by atoms with Gasteiger partial charge in [0.05, 0.1) is 18.2 Å². The van der Waals surface area contributed by atoms with Crippen LogP contribution in [-0.4, -0.2) is 20.3 Å². The van der Waals surface area contributed by atoms with Crippen LogP contribution in [0.3, 0.4) is 0 Å². The molecule has 0 atom stereocenters. The lowest BCUT2D eigenvalue weighted by Gasteiger charge is -2.14. The fraction of sp³-hybridized carbons (Fsp3) is 0.529. The van der Waals surface area contributed by atoms with Crippen molar-refractivity contribution in [1.82, 2.24) is 5.32 Å². The predicted octanol–water partition coefficient (Wildman–Crippen LogP) is 4.14. The highest BCUT2D eigenvalue weighted by molar-refractivity contribution is 9.10. The van der Waals surface area contributed by atoms with Gasteiger partial charge in [-0.15, -0.1) is 12.3 Å². The molecule has 21 heavy (non-hydrogen) atoms. The zero-order valence-electron chi connectivity index (χ0n) is 12.9. The summed E-state index contributed by atoms with van der Waals surface area (Å²) in [6, 6.07) is 4.09. The third kappa shape index (κ3) is 6.41. The number of halogens is 1. The maximum atomic E-state index is 5.72. The Morgan fingerprint density at radius 3 is 2.81 bits per heavy atom. The van der Waals surface area contributed by atoms with E-state index in [-0.39, 0.29) is 0 Å². The minimum Gasteiger partial charge on any atom is -0.493 e. The Balaban J connectivity index is 2.56. The van der Waals surface area contributed by atoms with Crippen molar-refractivity contribution in [2.75, 3.05) is 20.3 Å². The second kappa shape index (κ2) is 10.5. The molecule has 0 saturated carbocycles. The van der Waals surface area contributed by atoms with Crippen LogP contribution in [0.4, 0.5) is 0 Å². The van der Waals surface area contributed by atoms with Crippen LogP contribution in [0.15, 0.2) is 16.6 Å². The largest absolute Gasteiger partial charge is 0.493 e. The molecule has 1 aromatic rings. The molecular formula is C17H24BrNO2. The summed E-state index contributed by atoms with van der Waals surface area (Å²) < 4.78 is 12.1. The summed E-state index contributed by atoms with van der Waals surface area (Å²) >= 11 is 3.56. The van der Waals surface area contributed by atoms with Crippen molar-refractivity contribution in [2.45, 2.75) is 39.2 Å². The minimum absolute atomic E-state index is 0.682. The third-order valence-electron chi connectivity index (χ3n) is 2.99. The molecule has 1 aromatic carbocycles. The smallest absolute Gasteiger partial charge is 0.175 e. The molecule has 0 saturated heterocycles. The summed E-state index contributed by atoms with van der Waals surface area (Å²) in [5, 5.41) is 3.42. The van der Waals surface area contributed by atoms with Gasteiger partial charge in [-0.3, -0.25) is 0 Å².